The molecule has 0 fully saturated rings. The number of anilines is 2. The Labute approximate surface area is 152 Å². The maximum Gasteiger partial charge on any atom is 0.340 e. The van der Waals surface area contributed by atoms with Crippen LogP contribution >= 0.6 is 0 Å². The van der Waals surface area contributed by atoms with Crippen LogP contribution in [-0.2, 0) is 9.53 Å². The summed E-state index contributed by atoms with van der Waals surface area (Å²) < 4.78 is 5.23. The van der Waals surface area contributed by atoms with Gasteiger partial charge >= 0.3 is 5.97 Å². The van der Waals surface area contributed by atoms with Crippen molar-refractivity contribution in [1.82, 2.24) is 4.98 Å². The molecule has 26 heavy (non-hydrogen) atoms. The van der Waals surface area contributed by atoms with E-state index >= 15 is 0 Å². The third-order valence-electron chi connectivity index (χ3n) is 3.65. The highest BCUT2D eigenvalue weighted by Crippen LogP contribution is 2.22. The molecule has 138 valence electrons. The van der Waals surface area contributed by atoms with Gasteiger partial charge in [0, 0.05) is 24.0 Å². The van der Waals surface area contributed by atoms with Gasteiger partial charge in [0.1, 0.15) is 5.69 Å². The van der Waals surface area contributed by atoms with Gasteiger partial charge in [-0.25, -0.2) is 4.79 Å². The maximum absolute atomic E-state index is 12.6. The molecule has 7 heteroatoms. The Morgan fingerprint density at radius 2 is 1.69 bits per heavy atom. The molecule has 0 aliphatic heterocycles. The van der Waals surface area contributed by atoms with Crippen molar-refractivity contribution >= 4 is 29.2 Å². The van der Waals surface area contributed by atoms with Gasteiger partial charge in [-0.05, 0) is 51.5 Å². The van der Waals surface area contributed by atoms with Gasteiger partial charge in [0.05, 0.1) is 11.7 Å². The summed E-state index contributed by atoms with van der Waals surface area (Å²) in [5.74, 6) is -1.04. The molecule has 1 aromatic carbocycles. The van der Waals surface area contributed by atoms with Gasteiger partial charge in [-0.3, -0.25) is 9.59 Å². The number of H-pyrrole nitrogens is 1. The van der Waals surface area contributed by atoms with E-state index in [1.807, 2.05) is 0 Å². The summed E-state index contributed by atoms with van der Waals surface area (Å²) in [5.41, 5.74) is 2.88. The first-order valence-electron chi connectivity index (χ1n) is 8.28. The minimum atomic E-state index is -0.460. The predicted octanol–water partition coefficient (Wildman–Crippen LogP) is 3.41. The molecule has 2 aromatic rings. The number of carbonyl (C=O) groups excluding carboxylic acids is 3. The minimum Gasteiger partial charge on any atom is -0.459 e. The normalized spacial score (nSPS) is 10.5. The Morgan fingerprint density at radius 1 is 1.08 bits per heavy atom. The number of esters is 1. The molecule has 0 radical (unpaired) electrons. The summed E-state index contributed by atoms with van der Waals surface area (Å²) >= 11 is 0. The number of benzene rings is 1. The quantitative estimate of drug-likeness (QED) is 0.714. The van der Waals surface area contributed by atoms with E-state index < -0.39 is 5.97 Å². The largest absolute Gasteiger partial charge is 0.459 e. The highest BCUT2D eigenvalue weighted by atomic mass is 16.5. The van der Waals surface area contributed by atoms with Gasteiger partial charge in [-0.2, -0.15) is 0 Å². The molecule has 0 atom stereocenters. The maximum atomic E-state index is 12.6. The van der Waals surface area contributed by atoms with E-state index in [4.69, 9.17) is 4.74 Å². The average Bonchev–Trinajstić information content (AvgIpc) is 2.81. The van der Waals surface area contributed by atoms with Crippen LogP contribution in [0.3, 0.4) is 0 Å². The van der Waals surface area contributed by atoms with Crippen LogP contribution in [0, 0.1) is 13.8 Å². The molecule has 2 rings (SSSR count). The van der Waals surface area contributed by atoms with Gasteiger partial charge in [0.25, 0.3) is 5.91 Å². The van der Waals surface area contributed by atoms with E-state index in [2.05, 4.69) is 15.6 Å². The monoisotopic (exact) mass is 357 g/mol. The van der Waals surface area contributed by atoms with Crippen LogP contribution in [0.25, 0.3) is 0 Å². The second-order valence-corrected chi connectivity index (χ2v) is 6.30. The van der Waals surface area contributed by atoms with Crippen molar-refractivity contribution in [3.8, 4) is 0 Å². The molecule has 0 bridgehead atoms. The number of hydrogen-bond acceptors (Lipinski definition) is 4. The summed E-state index contributed by atoms with van der Waals surface area (Å²) in [6.07, 6.45) is -0.245. The van der Waals surface area contributed by atoms with E-state index in [0.717, 1.165) is 0 Å². The third-order valence-corrected chi connectivity index (χ3v) is 3.65. The Kier molecular flexibility index (Phi) is 5.82. The molecular weight excluding hydrogens is 334 g/mol. The Hall–Kier alpha value is -3.09. The number of hydrogen-bond donors (Lipinski definition) is 3. The summed E-state index contributed by atoms with van der Waals surface area (Å²) in [4.78, 5) is 38.9. The Bertz CT molecular complexity index is 852. The van der Waals surface area contributed by atoms with E-state index in [1.54, 1.807) is 52.0 Å². The number of nitrogens with one attached hydrogen (secondary N) is 3. The standard InChI is InChI=1S/C19H23N3O4/c1-10(2)26-19(25)16-11(3)17(20-12(16)4)18(24)22-15-8-6-7-14(9-15)21-13(5)23/h6-10,20H,1-5H3,(H,21,23)(H,22,24). The fourth-order valence-corrected chi connectivity index (χ4v) is 2.63. The van der Waals surface area contributed by atoms with Gasteiger partial charge in [0.2, 0.25) is 5.91 Å². The van der Waals surface area contributed by atoms with Crippen LogP contribution in [-0.4, -0.2) is 28.9 Å². The molecule has 0 aliphatic carbocycles. The molecule has 0 spiro atoms. The Morgan fingerprint density at radius 3 is 2.27 bits per heavy atom. The summed E-state index contributed by atoms with van der Waals surface area (Å²) in [6, 6.07) is 6.81. The second-order valence-electron chi connectivity index (χ2n) is 6.30. The first kappa shape index (κ1) is 19.2. The topological polar surface area (TPSA) is 100 Å². The minimum absolute atomic E-state index is 0.197. The van der Waals surface area contributed by atoms with E-state index in [-0.39, 0.29) is 17.9 Å². The zero-order chi connectivity index (χ0) is 19.4. The SMILES string of the molecule is CC(=O)Nc1cccc(NC(=O)c2[nH]c(C)c(C(=O)OC(C)C)c2C)c1. The number of aromatic amines is 1. The fraction of sp³-hybridized carbons (Fsp3) is 0.316. The molecule has 0 saturated heterocycles. The predicted molar refractivity (Wildman–Crippen MR) is 99.5 cm³/mol. The van der Waals surface area contributed by atoms with Crippen molar-refractivity contribution in [1.29, 1.82) is 0 Å². The zero-order valence-corrected chi connectivity index (χ0v) is 15.5. The van der Waals surface area contributed by atoms with Crippen molar-refractivity contribution in [2.75, 3.05) is 10.6 Å². The van der Waals surface area contributed by atoms with Crippen LogP contribution in [0.2, 0.25) is 0 Å². The van der Waals surface area contributed by atoms with Gasteiger partial charge in [0.15, 0.2) is 0 Å². The number of rotatable bonds is 5. The van der Waals surface area contributed by atoms with Crippen LogP contribution in [0.4, 0.5) is 11.4 Å². The lowest BCUT2D eigenvalue weighted by Crippen LogP contribution is -2.15. The molecule has 0 unspecified atom stereocenters. The molecule has 1 aromatic heterocycles. The number of aromatic nitrogens is 1. The molecule has 0 aliphatic rings. The average molecular weight is 357 g/mol. The smallest absolute Gasteiger partial charge is 0.340 e. The molecule has 1 heterocycles. The fourth-order valence-electron chi connectivity index (χ4n) is 2.63. The zero-order valence-electron chi connectivity index (χ0n) is 15.5. The summed E-state index contributed by atoms with van der Waals surface area (Å²) in [7, 11) is 0. The van der Waals surface area contributed by atoms with E-state index in [9.17, 15) is 14.4 Å². The number of ether oxygens (including phenoxy) is 1. The van der Waals surface area contributed by atoms with Gasteiger partial charge in [-0.1, -0.05) is 6.07 Å². The number of aryl methyl sites for hydroxylation is 1. The molecule has 3 N–H and O–H groups in total. The van der Waals surface area contributed by atoms with E-state index in [0.29, 0.717) is 33.9 Å². The third kappa shape index (κ3) is 4.50. The van der Waals surface area contributed by atoms with Gasteiger partial charge in [-0.15, -0.1) is 0 Å². The van der Waals surface area contributed by atoms with Gasteiger partial charge < -0.3 is 20.4 Å². The lowest BCUT2D eigenvalue weighted by molar-refractivity contribution is -0.114. The second kappa shape index (κ2) is 7.86. The van der Waals surface area contributed by atoms with Crippen molar-refractivity contribution < 1.29 is 19.1 Å². The highest BCUT2D eigenvalue weighted by Gasteiger charge is 2.23. The lowest BCUT2D eigenvalue weighted by atomic mass is 10.1. The van der Waals surface area contributed by atoms with Crippen LogP contribution in [0.5, 0.6) is 0 Å². The van der Waals surface area contributed by atoms with Crippen molar-refractivity contribution in [2.45, 2.75) is 40.7 Å². The molecule has 7 nitrogen and oxygen atoms in total. The highest BCUT2D eigenvalue weighted by molar-refractivity contribution is 6.07. The molecule has 2 amide bonds. The van der Waals surface area contributed by atoms with Crippen LogP contribution in [0.15, 0.2) is 24.3 Å². The first-order chi connectivity index (χ1) is 12.2. The van der Waals surface area contributed by atoms with Crippen LogP contribution < -0.4 is 10.6 Å². The number of carbonyl (C=O) groups is 3. The number of amides is 2. The van der Waals surface area contributed by atoms with Crippen molar-refractivity contribution in [3.63, 3.8) is 0 Å². The lowest BCUT2D eigenvalue weighted by Gasteiger charge is -2.09. The molecular formula is C19H23N3O4. The molecule has 0 saturated carbocycles. The van der Waals surface area contributed by atoms with Crippen molar-refractivity contribution in [2.24, 2.45) is 0 Å². The summed E-state index contributed by atoms with van der Waals surface area (Å²) in [6.45, 7) is 8.37. The van der Waals surface area contributed by atoms with Crippen molar-refractivity contribution in [3.05, 3.63) is 46.8 Å². The van der Waals surface area contributed by atoms with Crippen LogP contribution in [0.1, 0.15) is 52.9 Å². The Balaban J connectivity index is 2.23. The van der Waals surface area contributed by atoms with E-state index in [1.165, 1.54) is 6.92 Å². The summed E-state index contributed by atoms with van der Waals surface area (Å²) in [5, 5.41) is 5.42. The first-order valence-corrected chi connectivity index (χ1v) is 8.28.